The van der Waals surface area contributed by atoms with E-state index in [2.05, 4.69) is 15.3 Å². The van der Waals surface area contributed by atoms with Gasteiger partial charge in [0.05, 0.1) is 18.4 Å². The fourth-order valence-corrected chi connectivity index (χ4v) is 1.27. The minimum atomic E-state index is -1.48. The van der Waals surface area contributed by atoms with E-state index in [9.17, 15) is 13.2 Å². The van der Waals surface area contributed by atoms with Gasteiger partial charge in [-0.2, -0.15) is 0 Å². The Morgan fingerprint density at radius 3 is 2.35 bits per heavy atom. The first-order valence-electron chi connectivity index (χ1n) is 4.80. The summed E-state index contributed by atoms with van der Waals surface area (Å²) in [7, 11) is 0. The van der Waals surface area contributed by atoms with E-state index >= 15 is 0 Å². The Bertz CT molecular complexity index is 494. The van der Waals surface area contributed by atoms with E-state index in [-0.39, 0.29) is 12.2 Å². The highest BCUT2D eigenvalue weighted by Gasteiger charge is 2.10. The Morgan fingerprint density at radius 2 is 1.76 bits per heavy atom. The minimum absolute atomic E-state index is 0.145. The smallest absolute Gasteiger partial charge is 0.194 e. The zero-order chi connectivity index (χ0) is 12.3. The largest absolute Gasteiger partial charge is 0.379 e. The summed E-state index contributed by atoms with van der Waals surface area (Å²) in [6, 6.07) is 1.77. The lowest BCUT2D eigenvalue weighted by molar-refractivity contribution is 0.447. The van der Waals surface area contributed by atoms with Gasteiger partial charge >= 0.3 is 0 Å². The summed E-state index contributed by atoms with van der Waals surface area (Å²) >= 11 is 0. The van der Waals surface area contributed by atoms with Gasteiger partial charge in [0.25, 0.3) is 0 Å². The first kappa shape index (κ1) is 11.4. The van der Waals surface area contributed by atoms with Gasteiger partial charge in [-0.1, -0.05) is 0 Å². The van der Waals surface area contributed by atoms with Gasteiger partial charge in [-0.25, -0.2) is 13.2 Å². The number of hydrogen-bond donors (Lipinski definition) is 1. The first-order valence-corrected chi connectivity index (χ1v) is 4.80. The first-order chi connectivity index (χ1) is 8.16. The molecule has 1 heterocycles. The molecular formula is C11H8F3N3. The second-order valence-corrected chi connectivity index (χ2v) is 3.30. The maximum atomic E-state index is 12.9. The number of nitrogens with zero attached hydrogens (tertiary/aromatic N) is 2. The van der Waals surface area contributed by atoms with Crippen LogP contribution in [0.5, 0.6) is 0 Å². The van der Waals surface area contributed by atoms with Crippen LogP contribution in [0.25, 0.3) is 0 Å². The molecule has 0 saturated carbocycles. The third-order valence-electron chi connectivity index (χ3n) is 2.07. The van der Waals surface area contributed by atoms with Gasteiger partial charge in [0, 0.05) is 30.2 Å². The van der Waals surface area contributed by atoms with E-state index in [0.717, 1.165) is 12.1 Å². The highest BCUT2D eigenvalue weighted by Crippen LogP contribution is 2.17. The molecule has 0 aliphatic carbocycles. The molecule has 17 heavy (non-hydrogen) atoms. The number of rotatable bonds is 3. The molecule has 0 aliphatic heterocycles. The SMILES string of the molecule is Fc1cc(NCc2cnccn2)cc(F)c1F. The van der Waals surface area contributed by atoms with Gasteiger partial charge < -0.3 is 5.32 Å². The lowest BCUT2D eigenvalue weighted by atomic mass is 10.2. The second-order valence-electron chi connectivity index (χ2n) is 3.30. The Labute approximate surface area is 95.3 Å². The molecule has 0 saturated heterocycles. The van der Waals surface area contributed by atoms with Crippen molar-refractivity contribution in [3.8, 4) is 0 Å². The van der Waals surface area contributed by atoms with Crippen molar-refractivity contribution in [2.75, 3.05) is 5.32 Å². The molecule has 0 amide bonds. The lowest BCUT2D eigenvalue weighted by Crippen LogP contribution is -2.03. The molecule has 0 aliphatic rings. The number of aromatic nitrogens is 2. The van der Waals surface area contributed by atoms with Gasteiger partial charge in [-0.3, -0.25) is 9.97 Å². The summed E-state index contributed by atoms with van der Waals surface area (Å²) in [5, 5.41) is 2.72. The molecule has 1 N–H and O–H groups in total. The summed E-state index contributed by atoms with van der Waals surface area (Å²) in [6.45, 7) is 0.248. The summed E-state index contributed by atoms with van der Waals surface area (Å²) in [4.78, 5) is 7.81. The quantitative estimate of drug-likeness (QED) is 0.836. The van der Waals surface area contributed by atoms with Crippen molar-refractivity contribution in [1.82, 2.24) is 9.97 Å². The van der Waals surface area contributed by atoms with Gasteiger partial charge in [0.1, 0.15) is 0 Å². The maximum Gasteiger partial charge on any atom is 0.194 e. The second kappa shape index (κ2) is 4.82. The molecule has 0 unspecified atom stereocenters. The van der Waals surface area contributed by atoms with Crippen molar-refractivity contribution in [3.05, 3.63) is 53.9 Å². The van der Waals surface area contributed by atoms with Gasteiger partial charge in [0.2, 0.25) is 0 Å². The summed E-state index contributed by atoms with van der Waals surface area (Å²) in [5.41, 5.74) is 0.754. The molecule has 2 aromatic rings. The molecule has 2 rings (SSSR count). The van der Waals surface area contributed by atoms with Gasteiger partial charge in [-0.05, 0) is 0 Å². The normalized spacial score (nSPS) is 10.3. The zero-order valence-electron chi connectivity index (χ0n) is 8.62. The lowest BCUT2D eigenvalue weighted by Gasteiger charge is -2.06. The number of halogens is 3. The van der Waals surface area contributed by atoms with Crippen molar-refractivity contribution in [3.63, 3.8) is 0 Å². The van der Waals surface area contributed by atoms with E-state index in [4.69, 9.17) is 0 Å². The minimum Gasteiger partial charge on any atom is -0.379 e. The molecule has 0 spiro atoms. The monoisotopic (exact) mass is 239 g/mol. The Kier molecular flexibility index (Phi) is 3.22. The van der Waals surface area contributed by atoms with Crippen LogP contribution in [0, 0.1) is 17.5 Å². The van der Waals surface area contributed by atoms with Crippen LogP contribution >= 0.6 is 0 Å². The zero-order valence-corrected chi connectivity index (χ0v) is 8.62. The Hall–Kier alpha value is -2.11. The Balaban J connectivity index is 2.10. The summed E-state index contributed by atoms with van der Waals surface area (Å²) in [5.74, 6) is -3.94. The van der Waals surface area contributed by atoms with Crippen LogP contribution in [-0.4, -0.2) is 9.97 Å². The highest BCUT2D eigenvalue weighted by atomic mass is 19.2. The Morgan fingerprint density at radius 1 is 1.06 bits per heavy atom. The topological polar surface area (TPSA) is 37.8 Å². The molecule has 0 fully saturated rings. The van der Waals surface area contributed by atoms with Crippen molar-refractivity contribution < 1.29 is 13.2 Å². The molecule has 6 heteroatoms. The van der Waals surface area contributed by atoms with E-state index < -0.39 is 17.5 Å². The molecule has 1 aromatic heterocycles. The van der Waals surface area contributed by atoms with E-state index in [1.165, 1.54) is 18.6 Å². The number of hydrogen-bond acceptors (Lipinski definition) is 3. The number of nitrogens with one attached hydrogen (secondary N) is 1. The molecule has 0 bridgehead atoms. The van der Waals surface area contributed by atoms with Gasteiger partial charge in [0.15, 0.2) is 17.5 Å². The predicted octanol–water partition coefficient (Wildman–Crippen LogP) is 2.51. The van der Waals surface area contributed by atoms with Crippen molar-refractivity contribution >= 4 is 5.69 Å². The van der Waals surface area contributed by atoms with Crippen LogP contribution in [0.15, 0.2) is 30.7 Å². The van der Waals surface area contributed by atoms with Crippen LogP contribution < -0.4 is 5.32 Å². The van der Waals surface area contributed by atoms with Crippen molar-refractivity contribution in [2.45, 2.75) is 6.54 Å². The van der Waals surface area contributed by atoms with Crippen LogP contribution in [0.3, 0.4) is 0 Å². The molecule has 88 valence electrons. The predicted molar refractivity (Wildman–Crippen MR) is 55.7 cm³/mol. The summed E-state index contributed by atoms with van der Waals surface area (Å²) < 4.78 is 38.4. The number of benzene rings is 1. The van der Waals surface area contributed by atoms with Crippen LogP contribution in [-0.2, 0) is 6.54 Å². The third kappa shape index (κ3) is 2.72. The fourth-order valence-electron chi connectivity index (χ4n) is 1.27. The van der Waals surface area contributed by atoms with Crippen molar-refractivity contribution in [1.29, 1.82) is 0 Å². The van der Waals surface area contributed by atoms with E-state index in [1.54, 1.807) is 0 Å². The third-order valence-corrected chi connectivity index (χ3v) is 2.07. The van der Waals surface area contributed by atoms with Crippen LogP contribution in [0.2, 0.25) is 0 Å². The van der Waals surface area contributed by atoms with Gasteiger partial charge in [-0.15, -0.1) is 0 Å². The standard InChI is InChI=1S/C11H8F3N3/c12-9-3-7(4-10(13)11(9)14)17-6-8-5-15-1-2-16-8/h1-5,17H,6H2. The number of anilines is 1. The average molecular weight is 239 g/mol. The molecule has 0 atom stereocenters. The maximum absolute atomic E-state index is 12.9. The van der Waals surface area contributed by atoms with E-state index in [1.807, 2.05) is 0 Å². The average Bonchev–Trinajstić information content (AvgIpc) is 2.34. The molecule has 0 radical (unpaired) electrons. The molecule has 3 nitrogen and oxygen atoms in total. The molecule has 1 aromatic carbocycles. The van der Waals surface area contributed by atoms with Crippen LogP contribution in [0.4, 0.5) is 18.9 Å². The van der Waals surface area contributed by atoms with Crippen LogP contribution in [0.1, 0.15) is 5.69 Å². The van der Waals surface area contributed by atoms with Crippen molar-refractivity contribution in [2.24, 2.45) is 0 Å². The highest BCUT2D eigenvalue weighted by molar-refractivity contribution is 5.44. The van der Waals surface area contributed by atoms with E-state index in [0.29, 0.717) is 5.69 Å². The summed E-state index contributed by atoms with van der Waals surface area (Å²) in [6.07, 6.45) is 4.53. The fraction of sp³-hybridized carbons (Fsp3) is 0.0909. The molecular weight excluding hydrogens is 231 g/mol.